The van der Waals surface area contributed by atoms with E-state index in [1.54, 1.807) is 10.9 Å². The minimum absolute atomic E-state index is 0.117. The van der Waals surface area contributed by atoms with Crippen LogP contribution in [-0.4, -0.2) is 43.2 Å². The molecule has 1 amide bonds. The van der Waals surface area contributed by atoms with Crippen LogP contribution >= 0.6 is 0 Å². The number of nitrogen functional groups attached to an aromatic ring is 1. The molecule has 0 fully saturated rings. The summed E-state index contributed by atoms with van der Waals surface area (Å²) in [6.07, 6.45) is 4.34. The third-order valence-electron chi connectivity index (χ3n) is 3.17. The SMILES string of the molecule is CCCC(O)CNC(=O)CCn1cnc2c(N)ncnc21. The Morgan fingerprint density at radius 3 is 3.05 bits per heavy atom. The number of fused-ring (bicyclic) bond motifs is 1. The highest BCUT2D eigenvalue weighted by atomic mass is 16.3. The van der Waals surface area contributed by atoms with Crippen LogP contribution in [0.2, 0.25) is 0 Å². The number of aliphatic hydroxyl groups excluding tert-OH is 1. The Morgan fingerprint density at radius 1 is 1.48 bits per heavy atom. The fourth-order valence-corrected chi connectivity index (χ4v) is 2.04. The Bertz CT molecular complexity index is 612. The lowest BCUT2D eigenvalue weighted by Gasteiger charge is -2.10. The largest absolute Gasteiger partial charge is 0.391 e. The van der Waals surface area contributed by atoms with Gasteiger partial charge in [-0.05, 0) is 6.42 Å². The molecule has 0 aliphatic carbocycles. The molecule has 2 rings (SSSR count). The lowest BCUT2D eigenvalue weighted by molar-refractivity contribution is -0.121. The van der Waals surface area contributed by atoms with Crippen molar-refractivity contribution in [3.8, 4) is 0 Å². The second kappa shape index (κ2) is 6.98. The van der Waals surface area contributed by atoms with Gasteiger partial charge in [-0.3, -0.25) is 4.79 Å². The van der Waals surface area contributed by atoms with Crippen LogP contribution in [0.3, 0.4) is 0 Å². The second-order valence-corrected chi connectivity index (χ2v) is 4.87. The van der Waals surface area contributed by atoms with Crippen LogP contribution in [0.4, 0.5) is 5.82 Å². The predicted octanol–water partition coefficient (Wildman–Crippen LogP) is 0.0758. The number of hydrogen-bond acceptors (Lipinski definition) is 6. The van der Waals surface area contributed by atoms with Gasteiger partial charge >= 0.3 is 0 Å². The van der Waals surface area contributed by atoms with Crippen molar-refractivity contribution in [3.63, 3.8) is 0 Å². The molecule has 0 spiro atoms. The van der Waals surface area contributed by atoms with Crippen molar-refractivity contribution < 1.29 is 9.90 Å². The van der Waals surface area contributed by atoms with Crippen molar-refractivity contribution in [2.24, 2.45) is 0 Å². The maximum absolute atomic E-state index is 11.7. The quantitative estimate of drug-likeness (QED) is 0.664. The molecular formula is C13H20N6O2. The number of anilines is 1. The van der Waals surface area contributed by atoms with Gasteiger partial charge < -0.3 is 20.7 Å². The summed E-state index contributed by atoms with van der Waals surface area (Å²) in [7, 11) is 0. The predicted molar refractivity (Wildman–Crippen MR) is 78.3 cm³/mol. The Kier molecular flexibility index (Phi) is 5.04. The van der Waals surface area contributed by atoms with E-state index >= 15 is 0 Å². The number of nitrogens with one attached hydrogen (secondary N) is 1. The van der Waals surface area contributed by atoms with Crippen molar-refractivity contribution in [1.82, 2.24) is 24.8 Å². The summed E-state index contributed by atoms with van der Waals surface area (Å²) in [6, 6.07) is 0. The van der Waals surface area contributed by atoms with Crippen molar-refractivity contribution in [1.29, 1.82) is 0 Å². The van der Waals surface area contributed by atoms with Gasteiger partial charge in [0.05, 0.1) is 12.4 Å². The van der Waals surface area contributed by atoms with Crippen LogP contribution in [0.5, 0.6) is 0 Å². The minimum atomic E-state index is -0.486. The standard InChI is InChI=1S/C13H20N6O2/c1-2-3-9(20)6-15-10(21)4-5-19-8-18-11-12(14)16-7-17-13(11)19/h7-9,20H,2-6H2,1H3,(H,15,21)(H2,14,16,17). The van der Waals surface area contributed by atoms with Crippen LogP contribution < -0.4 is 11.1 Å². The van der Waals surface area contributed by atoms with Gasteiger partial charge in [-0.25, -0.2) is 15.0 Å². The summed E-state index contributed by atoms with van der Waals surface area (Å²) in [5, 5.41) is 12.3. The third kappa shape index (κ3) is 3.88. The summed E-state index contributed by atoms with van der Waals surface area (Å²) < 4.78 is 1.76. The van der Waals surface area contributed by atoms with Gasteiger partial charge in [0.1, 0.15) is 11.8 Å². The summed E-state index contributed by atoms with van der Waals surface area (Å²) in [4.78, 5) is 23.9. The summed E-state index contributed by atoms with van der Waals surface area (Å²) in [5.41, 5.74) is 6.85. The molecule has 4 N–H and O–H groups in total. The molecular weight excluding hydrogens is 272 g/mol. The zero-order valence-corrected chi connectivity index (χ0v) is 12.0. The Balaban J connectivity index is 1.87. The van der Waals surface area contributed by atoms with Gasteiger partial charge in [0.2, 0.25) is 5.91 Å². The highest BCUT2D eigenvalue weighted by Gasteiger charge is 2.10. The number of aryl methyl sites for hydroxylation is 1. The summed E-state index contributed by atoms with van der Waals surface area (Å²) in [6.45, 7) is 2.72. The zero-order valence-electron chi connectivity index (χ0n) is 12.0. The third-order valence-corrected chi connectivity index (χ3v) is 3.17. The van der Waals surface area contributed by atoms with Crippen LogP contribution in [0, 0.1) is 0 Å². The van der Waals surface area contributed by atoms with Gasteiger partial charge in [0.25, 0.3) is 0 Å². The summed E-state index contributed by atoms with van der Waals surface area (Å²) >= 11 is 0. The first kappa shape index (κ1) is 15.2. The first-order valence-corrected chi connectivity index (χ1v) is 6.98. The van der Waals surface area contributed by atoms with E-state index in [0.717, 1.165) is 6.42 Å². The number of nitrogens with zero attached hydrogens (tertiary/aromatic N) is 4. The molecule has 21 heavy (non-hydrogen) atoms. The first-order chi connectivity index (χ1) is 10.1. The Hall–Kier alpha value is -2.22. The molecule has 0 aliphatic rings. The number of carbonyl (C=O) groups is 1. The number of aromatic nitrogens is 4. The molecule has 8 heteroatoms. The fraction of sp³-hybridized carbons (Fsp3) is 0.538. The van der Waals surface area contributed by atoms with E-state index in [2.05, 4.69) is 20.3 Å². The Morgan fingerprint density at radius 2 is 2.29 bits per heavy atom. The second-order valence-electron chi connectivity index (χ2n) is 4.87. The molecule has 2 aromatic rings. The molecule has 2 heterocycles. The molecule has 0 aromatic carbocycles. The molecule has 0 saturated carbocycles. The monoisotopic (exact) mass is 292 g/mol. The van der Waals surface area contributed by atoms with Gasteiger partial charge in [-0.15, -0.1) is 0 Å². The van der Waals surface area contributed by atoms with Gasteiger partial charge in [-0.1, -0.05) is 13.3 Å². The molecule has 0 saturated heterocycles. The van der Waals surface area contributed by atoms with Gasteiger partial charge in [0.15, 0.2) is 11.5 Å². The maximum atomic E-state index is 11.7. The van der Waals surface area contributed by atoms with Crippen molar-refractivity contribution >= 4 is 22.9 Å². The molecule has 0 radical (unpaired) electrons. The average Bonchev–Trinajstić information content (AvgIpc) is 2.88. The number of imidazole rings is 1. The average molecular weight is 292 g/mol. The number of aliphatic hydroxyl groups is 1. The molecule has 8 nitrogen and oxygen atoms in total. The minimum Gasteiger partial charge on any atom is -0.391 e. The number of rotatable bonds is 7. The molecule has 114 valence electrons. The van der Waals surface area contributed by atoms with E-state index in [1.807, 2.05) is 6.92 Å². The van der Waals surface area contributed by atoms with E-state index in [0.29, 0.717) is 29.9 Å². The fourth-order valence-electron chi connectivity index (χ4n) is 2.04. The van der Waals surface area contributed by atoms with Crippen molar-refractivity contribution in [2.45, 2.75) is 38.8 Å². The zero-order chi connectivity index (χ0) is 15.2. The van der Waals surface area contributed by atoms with Crippen LogP contribution in [0.15, 0.2) is 12.7 Å². The number of amides is 1. The topological polar surface area (TPSA) is 119 Å². The first-order valence-electron chi connectivity index (χ1n) is 6.98. The lowest BCUT2D eigenvalue weighted by Crippen LogP contribution is -2.32. The van der Waals surface area contributed by atoms with E-state index in [-0.39, 0.29) is 18.9 Å². The van der Waals surface area contributed by atoms with Crippen LogP contribution in [0.1, 0.15) is 26.2 Å². The maximum Gasteiger partial charge on any atom is 0.221 e. The smallest absolute Gasteiger partial charge is 0.221 e. The number of carbonyl (C=O) groups excluding carboxylic acids is 1. The molecule has 0 aliphatic heterocycles. The van der Waals surface area contributed by atoms with E-state index in [1.165, 1.54) is 6.33 Å². The molecule has 0 bridgehead atoms. The molecule has 2 aromatic heterocycles. The van der Waals surface area contributed by atoms with E-state index in [4.69, 9.17) is 5.73 Å². The van der Waals surface area contributed by atoms with Crippen LogP contribution in [-0.2, 0) is 11.3 Å². The summed E-state index contributed by atoms with van der Waals surface area (Å²) in [5.74, 6) is 0.208. The van der Waals surface area contributed by atoms with Gasteiger partial charge in [0, 0.05) is 19.5 Å². The van der Waals surface area contributed by atoms with Crippen molar-refractivity contribution in [3.05, 3.63) is 12.7 Å². The Labute approximate surface area is 122 Å². The lowest BCUT2D eigenvalue weighted by atomic mass is 10.2. The highest BCUT2D eigenvalue weighted by molar-refractivity contribution is 5.81. The number of hydrogen-bond donors (Lipinski definition) is 3. The molecule has 1 unspecified atom stereocenters. The van der Waals surface area contributed by atoms with E-state index < -0.39 is 6.10 Å². The van der Waals surface area contributed by atoms with Gasteiger partial charge in [-0.2, -0.15) is 0 Å². The van der Waals surface area contributed by atoms with Crippen LogP contribution in [0.25, 0.3) is 11.2 Å². The van der Waals surface area contributed by atoms with Crippen molar-refractivity contribution in [2.75, 3.05) is 12.3 Å². The van der Waals surface area contributed by atoms with E-state index in [9.17, 15) is 9.90 Å². The normalized spacial score (nSPS) is 12.5. The number of nitrogens with two attached hydrogens (primary N) is 1. The highest BCUT2D eigenvalue weighted by Crippen LogP contribution is 2.14. The molecule has 1 atom stereocenters.